The Hall–Kier alpha value is -0.970. The monoisotopic (exact) mass is 115 g/mol. The summed E-state index contributed by atoms with van der Waals surface area (Å²) in [5.41, 5.74) is 5.01. The van der Waals surface area contributed by atoms with Crippen LogP contribution in [0.3, 0.4) is 0 Å². The van der Waals surface area contributed by atoms with Crippen molar-refractivity contribution in [2.45, 2.75) is 0 Å². The van der Waals surface area contributed by atoms with E-state index in [9.17, 15) is 4.39 Å². The molecule has 1 rings (SSSR count). The van der Waals surface area contributed by atoms with Gasteiger partial charge in [0.25, 0.3) is 0 Å². The van der Waals surface area contributed by atoms with Crippen molar-refractivity contribution in [1.29, 1.82) is 0 Å². The van der Waals surface area contributed by atoms with Gasteiger partial charge in [-0.3, -0.25) is 5.73 Å². The van der Waals surface area contributed by atoms with E-state index in [-0.39, 0.29) is 6.29 Å². The van der Waals surface area contributed by atoms with E-state index in [2.05, 4.69) is 15.3 Å². The molecule has 3 N–H and O–H groups in total. The molecule has 0 bridgehead atoms. The summed E-state index contributed by atoms with van der Waals surface area (Å²) in [6.07, 6.45) is 0.344. The summed E-state index contributed by atoms with van der Waals surface area (Å²) in [6, 6.07) is 0. The molecule has 4 nitrogen and oxygen atoms in total. The molecule has 5 heteroatoms. The average molecular weight is 115 g/mol. The Morgan fingerprint density at radius 2 is 2.50 bits per heavy atom. The van der Waals surface area contributed by atoms with Crippen LogP contribution in [-0.2, 0) is 0 Å². The van der Waals surface area contributed by atoms with Crippen molar-refractivity contribution < 1.29 is 4.39 Å². The Labute approximate surface area is 45.3 Å². The predicted molar refractivity (Wildman–Crippen MR) is 27.6 cm³/mol. The molecule has 1 radical (unpaired) electrons. The lowest BCUT2D eigenvalue weighted by Gasteiger charge is -2.05. The van der Waals surface area contributed by atoms with E-state index in [0.717, 1.165) is 6.34 Å². The summed E-state index contributed by atoms with van der Waals surface area (Å²) >= 11 is 0. The third-order valence-electron chi connectivity index (χ3n) is 0.596. The smallest absolute Gasteiger partial charge is 0.309 e. The molecule has 0 saturated carbocycles. The van der Waals surface area contributed by atoms with Crippen LogP contribution in [0.2, 0.25) is 0 Å². The number of rotatable bonds is 0. The Morgan fingerprint density at radius 1 is 1.75 bits per heavy atom. The standard InChI is InChI=1S/C3H4FN4/c4-2-6-1-7-3(5)8-2/h1H,5H2,(H,6,7,8). The Kier molecular flexibility index (Phi) is 1.21. The van der Waals surface area contributed by atoms with Crippen molar-refractivity contribution in [3.05, 3.63) is 6.29 Å². The van der Waals surface area contributed by atoms with Crippen LogP contribution in [0, 0.1) is 6.29 Å². The lowest BCUT2D eigenvalue weighted by Crippen LogP contribution is -2.29. The average Bonchev–Trinajstić information content (AvgIpc) is 1.64. The number of hydrogen-bond acceptors (Lipinski definition) is 4. The fourth-order valence-electron chi connectivity index (χ4n) is 0.312. The topological polar surface area (TPSA) is 62.8 Å². The van der Waals surface area contributed by atoms with Gasteiger partial charge in [0.1, 0.15) is 0 Å². The Bertz CT molecular complexity index is 140. The van der Waals surface area contributed by atoms with Gasteiger partial charge in [-0.1, -0.05) is 0 Å². The minimum Gasteiger partial charge on any atom is -0.335 e. The van der Waals surface area contributed by atoms with Gasteiger partial charge >= 0.3 is 6.09 Å². The molecule has 0 spiro atoms. The first kappa shape index (κ1) is 5.17. The molecule has 1 aliphatic rings. The molecule has 43 valence electrons. The third-order valence-corrected chi connectivity index (χ3v) is 0.596. The highest BCUT2D eigenvalue weighted by Gasteiger charge is 2.04. The third kappa shape index (κ3) is 1.00. The van der Waals surface area contributed by atoms with Crippen molar-refractivity contribution in [2.24, 2.45) is 15.7 Å². The molecule has 8 heavy (non-hydrogen) atoms. The van der Waals surface area contributed by atoms with Crippen LogP contribution in [0.1, 0.15) is 0 Å². The maximum atomic E-state index is 11.8. The summed E-state index contributed by atoms with van der Waals surface area (Å²) in [6.45, 7) is 0. The fraction of sp³-hybridized carbons (Fsp3) is 0. The molecule has 0 saturated heterocycles. The Balaban J connectivity index is 2.63. The predicted octanol–water partition coefficient (Wildman–Crippen LogP) is -0.651. The van der Waals surface area contributed by atoms with Crippen molar-refractivity contribution in [3.63, 3.8) is 0 Å². The molecule has 0 aliphatic carbocycles. The first-order valence-corrected chi connectivity index (χ1v) is 1.95. The molecule has 1 heterocycles. The second kappa shape index (κ2) is 1.87. The minimum atomic E-state index is -0.818. The molecule has 0 fully saturated rings. The van der Waals surface area contributed by atoms with E-state index in [0.29, 0.717) is 0 Å². The zero-order valence-corrected chi connectivity index (χ0v) is 3.93. The molecule has 0 amide bonds. The van der Waals surface area contributed by atoms with Gasteiger partial charge < -0.3 is 5.32 Å². The van der Waals surface area contributed by atoms with Crippen LogP contribution in [0.4, 0.5) is 4.39 Å². The normalized spacial score (nSPS) is 20.0. The lowest BCUT2D eigenvalue weighted by molar-refractivity contribution is 0.739. The van der Waals surface area contributed by atoms with E-state index in [1.807, 2.05) is 0 Å². The lowest BCUT2D eigenvalue weighted by atomic mass is 10.8. The molecule has 1 aliphatic heterocycles. The molecule has 0 aromatic heterocycles. The van der Waals surface area contributed by atoms with Crippen molar-refractivity contribution >= 4 is 12.4 Å². The van der Waals surface area contributed by atoms with Crippen LogP contribution in [-0.4, -0.2) is 12.4 Å². The number of halogens is 1. The first-order chi connectivity index (χ1) is 3.79. The van der Waals surface area contributed by atoms with Crippen molar-refractivity contribution in [2.75, 3.05) is 0 Å². The van der Waals surface area contributed by atoms with Crippen LogP contribution < -0.4 is 11.1 Å². The fourth-order valence-corrected chi connectivity index (χ4v) is 0.312. The highest BCUT2D eigenvalue weighted by atomic mass is 19.1. The molecule has 0 unspecified atom stereocenters. The maximum Gasteiger partial charge on any atom is 0.309 e. The van der Waals surface area contributed by atoms with Crippen molar-refractivity contribution in [1.82, 2.24) is 5.32 Å². The van der Waals surface area contributed by atoms with Crippen molar-refractivity contribution in [3.8, 4) is 0 Å². The number of amidine groups is 1. The summed E-state index contributed by atoms with van der Waals surface area (Å²) < 4.78 is 11.8. The van der Waals surface area contributed by atoms with Gasteiger partial charge in [0.05, 0.1) is 6.34 Å². The molecular formula is C3H4FN4. The first-order valence-electron chi connectivity index (χ1n) is 1.95. The van der Waals surface area contributed by atoms with Gasteiger partial charge in [0.2, 0.25) is 6.29 Å². The van der Waals surface area contributed by atoms with Gasteiger partial charge in [-0.25, -0.2) is 0 Å². The largest absolute Gasteiger partial charge is 0.335 e. The van der Waals surface area contributed by atoms with Gasteiger partial charge in [-0.05, 0) is 0 Å². The molecular weight excluding hydrogens is 111 g/mol. The zero-order valence-electron chi connectivity index (χ0n) is 3.93. The number of nitrogens with two attached hydrogens (primary N) is 1. The maximum absolute atomic E-state index is 11.8. The van der Waals surface area contributed by atoms with E-state index < -0.39 is 6.09 Å². The van der Waals surface area contributed by atoms with Crippen LogP contribution in [0.5, 0.6) is 0 Å². The van der Waals surface area contributed by atoms with Gasteiger partial charge in [0, 0.05) is 0 Å². The van der Waals surface area contributed by atoms with Crippen LogP contribution in [0.15, 0.2) is 9.98 Å². The quantitative estimate of drug-likeness (QED) is 0.412. The SMILES string of the molecule is N[C]1N=C(F)N=CN1. The zero-order chi connectivity index (χ0) is 5.98. The van der Waals surface area contributed by atoms with E-state index in [4.69, 9.17) is 5.73 Å². The van der Waals surface area contributed by atoms with Gasteiger partial charge in [-0.2, -0.15) is 14.4 Å². The minimum absolute atomic E-state index is 0.0255. The van der Waals surface area contributed by atoms with Gasteiger partial charge in [-0.15, -0.1) is 0 Å². The van der Waals surface area contributed by atoms with Crippen LogP contribution >= 0.6 is 0 Å². The number of hydrogen-bond donors (Lipinski definition) is 2. The summed E-state index contributed by atoms with van der Waals surface area (Å²) in [5, 5.41) is 2.39. The van der Waals surface area contributed by atoms with Crippen LogP contribution in [0.25, 0.3) is 0 Å². The van der Waals surface area contributed by atoms with E-state index in [1.54, 1.807) is 0 Å². The highest BCUT2D eigenvalue weighted by Crippen LogP contribution is 1.93. The second-order valence-electron chi connectivity index (χ2n) is 1.17. The highest BCUT2D eigenvalue weighted by molar-refractivity contribution is 5.84. The number of aliphatic imine (C=N–C) groups is 2. The Morgan fingerprint density at radius 3 is 2.88 bits per heavy atom. The summed E-state index contributed by atoms with van der Waals surface area (Å²) in [4.78, 5) is 6.24. The summed E-state index contributed by atoms with van der Waals surface area (Å²) in [5.74, 6) is 0. The molecule has 0 aromatic carbocycles. The molecule has 0 atom stereocenters. The van der Waals surface area contributed by atoms with E-state index >= 15 is 0 Å². The summed E-state index contributed by atoms with van der Waals surface area (Å²) in [7, 11) is 0. The number of nitrogens with one attached hydrogen (secondary N) is 1. The van der Waals surface area contributed by atoms with E-state index in [1.165, 1.54) is 0 Å². The second-order valence-corrected chi connectivity index (χ2v) is 1.17. The van der Waals surface area contributed by atoms with Gasteiger partial charge in [0.15, 0.2) is 0 Å². The molecule has 0 aromatic rings. The number of nitrogens with zero attached hydrogens (tertiary/aromatic N) is 2.